The number of amides is 2. The van der Waals surface area contributed by atoms with E-state index in [9.17, 15) is 27.2 Å². The molecule has 2 amide bonds. The van der Waals surface area contributed by atoms with E-state index in [0.29, 0.717) is 16.8 Å². The van der Waals surface area contributed by atoms with Crippen LogP contribution in [0.2, 0.25) is 0 Å². The van der Waals surface area contributed by atoms with E-state index >= 15 is 0 Å². The molecule has 1 unspecified atom stereocenters. The third kappa shape index (κ3) is 6.91. The molecule has 1 atom stereocenters. The first-order valence-electron chi connectivity index (χ1n) is 11.5. The van der Waals surface area contributed by atoms with Gasteiger partial charge in [0.25, 0.3) is 5.91 Å². The van der Waals surface area contributed by atoms with Crippen LogP contribution in [0, 0.1) is 0 Å². The van der Waals surface area contributed by atoms with E-state index in [-0.39, 0.29) is 34.9 Å². The Morgan fingerprint density at radius 1 is 1.24 bits per heavy atom. The van der Waals surface area contributed by atoms with Crippen LogP contribution in [0.4, 0.5) is 23.2 Å². The number of nitrogens with zero attached hydrogens (tertiary/aromatic N) is 1. The molecule has 4 N–H and O–H groups in total. The molecule has 0 saturated heterocycles. The number of nitrogens with one attached hydrogen (secondary N) is 2. The molecule has 6 nitrogen and oxygen atoms in total. The third-order valence-corrected chi connectivity index (χ3v) is 5.85. The lowest BCUT2D eigenvalue weighted by Gasteiger charge is -2.25. The first-order valence-corrected chi connectivity index (χ1v) is 11.5. The summed E-state index contributed by atoms with van der Waals surface area (Å²) in [5.41, 5.74) is 6.72. The van der Waals surface area contributed by atoms with Crippen molar-refractivity contribution in [3.63, 3.8) is 0 Å². The van der Waals surface area contributed by atoms with Crippen molar-refractivity contribution in [3.8, 4) is 0 Å². The number of hydrogen-bond acceptors (Lipinski definition) is 4. The first kappa shape index (κ1) is 27.8. The predicted molar refractivity (Wildman–Crippen MR) is 134 cm³/mol. The molecule has 1 aromatic heterocycles. The fraction of sp³-hybridized carbons (Fsp3) is 0.296. The van der Waals surface area contributed by atoms with Crippen molar-refractivity contribution in [2.75, 3.05) is 11.9 Å². The summed E-state index contributed by atoms with van der Waals surface area (Å²) in [6.45, 7) is 7.77. The number of halogens is 4. The second-order valence-electron chi connectivity index (χ2n) is 9.32. The number of nitrogens with two attached hydrogens (primary N) is 1. The van der Waals surface area contributed by atoms with Crippen molar-refractivity contribution in [2.24, 2.45) is 5.73 Å². The van der Waals surface area contributed by atoms with Crippen molar-refractivity contribution in [1.82, 2.24) is 10.3 Å². The van der Waals surface area contributed by atoms with E-state index in [2.05, 4.69) is 22.2 Å². The number of rotatable bonds is 8. The first-order chi connectivity index (χ1) is 17.2. The smallest absolute Gasteiger partial charge is 0.351 e. The average molecular weight is 517 g/mol. The monoisotopic (exact) mass is 516 g/mol. The quantitative estimate of drug-likeness (QED) is 0.328. The molecular weight excluding hydrogens is 488 g/mol. The van der Waals surface area contributed by atoms with Crippen LogP contribution in [-0.2, 0) is 16.8 Å². The Morgan fingerprint density at radius 3 is 2.57 bits per heavy atom. The Hall–Kier alpha value is -3.79. The Bertz CT molecular complexity index is 1290. The molecular formula is C27H28F4N4O2. The zero-order chi connectivity index (χ0) is 27.5. The van der Waals surface area contributed by atoms with E-state index in [1.165, 1.54) is 43.3 Å². The van der Waals surface area contributed by atoms with Crippen LogP contribution in [0.3, 0.4) is 0 Å². The molecule has 1 aromatic carbocycles. The standard InChI is InChI=1S/C27H28F4N4O2/c1-5-19(28)9-6-15(2)21-12-18(26(3,4)32)13-23(34-21)20(27(29,30)31)14-33-25(37)17-8-7-16-11-24(36)35-22(16)10-17/h5-10,12-13,20H,2,11,14,32H2,1,3-4H3,(H,33,37)(H,35,36). The highest BCUT2D eigenvalue weighted by atomic mass is 19.4. The van der Waals surface area contributed by atoms with E-state index < -0.39 is 35.9 Å². The molecule has 0 fully saturated rings. The number of anilines is 1. The Balaban J connectivity index is 1.92. The van der Waals surface area contributed by atoms with Crippen LogP contribution in [0.1, 0.15) is 59.6 Å². The predicted octanol–water partition coefficient (Wildman–Crippen LogP) is 5.29. The fourth-order valence-corrected chi connectivity index (χ4v) is 3.67. The van der Waals surface area contributed by atoms with Gasteiger partial charge in [0.1, 0.15) is 11.7 Å². The normalized spacial score (nSPS) is 14.9. The summed E-state index contributed by atoms with van der Waals surface area (Å²) in [6, 6.07) is 7.22. The summed E-state index contributed by atoms with van der Waals surface area (Å²) in [5, 5.41) is 4.93. The lowest BCUT2D eigenvalue weighted by Crippen LogP contribution is -2.36. The average Bonchev–Trinajstić information content (AvgIpc) is 3.19. The van der Waals surface area contributed by atoms with Gasteiger partial charge in [-0.05, 0) is 67.8 Å². The van der Waals surface area contributed by atoms with Crippen molar-refractivity contribution < 1.29 is 27.2 Å². The van der Waals surface area contributed by atoms with E-state index in [1.54, 1.807) is 19.9 Å². The summed E-state index contributed by atoms with van der Waals surface area (Å²) >= 11 is 0. The zero-order valence-corrected chi connectivity index (χ0v) is 20.7. The van der Waals surface area contributed by atoms with Gasteiger partial charge < -0.3 is 16.4 Å². The van der Waals surface area contributed by atoms with Gasteiger partial charge in [-0.15, -0.1) is 0 Å². The van der Waals surface area contributed by atoms with Crippen molar-refractivity contribution in [2.45, 2.75) is 44.8 Å². The molecule has 1 aliphatic heterocycles. The molecule has 3 rings (SSSR count). The second kappa shape index (κ2) is 10.7. The summed E-state index contributed by atoms with van der Waals surface area (Å²) < 4.78 is 56.1. The molecule has 196 valence electrons. The maximum absolute atomic E-state index is 14.2. The minimum Gasteiger partial charge on any atom is -0.351 e. The van der Waals surface area contributed by atoms with Crippen molar-refractivity contribution in [1.29, 1.82) is 0 Å². The van der Waals surface area contributed by atoms with E-state index in [1.807, 2.05) is 0 Å². The SMILES string of the molecule is C=C(C=CC(F)=CC)c1cc(C(C)(C)N)cc(C(CNC(=O)c2ccc3c(c2)NC(=O)C3)C(F)(F)F)n1. The molecule has 0 aliphatic carbocycles. The number of carbonyl (C=O) groups is 2. The van der Waals surface area contributed by atoms with Crippen molar-refractivity contribution >= 4 is 23.1 Å². The summed E-state index contributed by atoms with van der Waals surface area (Å²) in [4.78, 5) is 28.4. The second-order valence-corrected chi connectivity index (χ2v) is 9.32. The van der Waals surface area contributed by atoms with Gasteiger partial charge in [-0.3, -0.25) is 14.6 Å². The molecule has 2 aromatic rings. The number of benzene rings is 1. The highest BCUT2D eigenvalue weighted by Crippen LogP contribution is 2.36. The van der Waals surface area contributed by atoms with Gasteiger partial charge in [-0.25, -0.2) is 4.39 Å². The number of hydrogen-bond donors (Lipinski definition) is 3. The van der Waals surface area contributed by atoms with Gasteiger partial charge in [0, 0.05) is 23.3 Å². The molecule has 10 heteroatoms. The maximum atomic E-state index is 14.2. The zero-order valence-electron chi connectivity index (χ0n) is 20.7. The van der Waals surface area contributed by atoms with Gasteiger partial charge in [0.2, 0.25) is 5.91 Å². The molecule has 0 radical (unpaired) electrons. The summed E-state index contributed by atoms with van der Waals surface area (Å²) in [7, 11) is 0. The fourth-order valence-electron chi connectivity index (χ4n) is 3.67. The largest absolute Gasteiger partial charge is 0.398 e. The number of pyridine rings is 1. The van der Waals surface area contributed by atoms with Gasteiger partial charge >= 0.3 is 6.18 Å². The lowest BCUT2D eigenvalue weighted by molar-refractivity contribution is -0.149. The molecule has 2 heterocycles. The van der Waals surface area contributed by atoms with Crippen LogP contribution in [0.15, 0.2) is 61.0 Å². The van der Waals surface area contributed by atoms with Crippen LogP contribution in [-0.4, -0.2) is 29.5 Å². The van der Waals surface area contributed by atoms with E-state index in [4.69, 9.17) is 5.73 Å². The van der Waals surface area contributed by atoms with E-state index in [0.717, 1.165) is 6.08 Å². The molecule has 0 saturated carbocycles. The Labute approximate surface area is 212 Å². The maximum Gasteiger partial charge on any atom is 0.398 e. The minimum absolute atomic E-state index is 0.0983. The van der Waals surface area contributed by atoms with Gasteiger partial charge in [-0.2, -0.15) is 13.2 Å². The van der Waals surface area contributed by atoms with Crippen LogP contribution < -0.4 is 16.4 Å². The van der Waals surface area contributed by atoms with Gasteiger partial charge in [0.15, 0.2) is 0 Å². The summed E-state index contributed by atoms with van der Waals surface area (Å²) in [5.74, 6) is -3.66. The number of allylic oxidation sites excluding steroid dienone is 5. The summed E-state index contributed by atoms with van der Waals surface area (Å²) in [6.07, 6.45) is -0.915. The number of aromatic nitrogens is 1. The number of alkyl halides is 3. The molecule has 37 heavy (non-hydrogen) atoms. The minimum atomic E-state index is -4.75. The highest BCUT2D eigenvalue weighted by molar-refractivity contribution is 6.02. The lowest BCUT2D eigenvalue weighted by atomic mass is 9.91. The molecule has 0 bridgehead atoms. The van der Waals surface area contributed by atoms with Crippen molar-refractivity contribution in [3.05, 3.63) is 89.0 Å². The Kier molecular flexibility index (Phi) is 8.02. The van der Waals surface area contributed by atoms with Crippen LogP contribution >= 0.6 is 0 Å². The number of carbonyl (C=O) groups excluding carboxylic acids is 2. The Morgan fingerprint density at radius 2 is 1.95 bits per heavy atom. The van der Waals surface area contributed by atoms with Crippen LogP contribution in [0.25, 0.3) is 5.57 Å². The van der Waals surface area contributed by atoms with Crippen LogP contribution in [0.5, 0.6) is 0 Å². The number of fused-ring (bicyclic) bond motifs is 1. The topological polar surface area (TPSA) is 97.1 Å². The molecule has 1 aliphatic rings. The van der Waals surface area contributed by atoms with Gasteiger partial charge in [0.05, 0.1) is 17.8 Å². The molecule has 0 spiro atoms. The van der Waals surface area contributed by atoms with Gasteiger partial charge in [-0.1, -0.05) is 24.8 Å². The highest BCUT2D eigenvalue weighted by Gasteiger charge is 2.42. The third-order valence-electron chi connectivity index (χ3n) is 5.85.